The third-order valence-electron chi connectivity index (χ3n) is 4.26. The molecule has 0 fully saturated rings. The predicted molar refractivity (Wildman–Crippen MR) is 116 cm³/mol. The Kier molecular flexibility index (Phi) is 4.92. The number of anilines is 1. The summed E-state index contributed by atoms with van der Waals surface area (Å²) in [7, 11) is 0. The minimum Gasteiger partial charge on any atom is -0.457 e. The fourth-order valence-electron chi connectivity index (χ4n) is 2.86. The number of rotatable bonds is 3. The number of hydrogen-bond acceptors (Lipinski definition) is 3. The maximum Gasteiger partial charge on any atom is 0.129 e. The first-order valence-electron chi connectivity index (χ1n) is 8.59. The number of fused-ring (bicyclic) bond motifs is 1. The van der Waals surface area contributed by atoms with Crippen LogP contribution in [0.4, 0.5) is 11.4 Å². The molecule has 0 radical (unpaired) electrons. The molecule has 5 heteroatoms. The minimum atomic E-state index is 0.569. The highest BCUT2D eigenvalue weighted by Crippen LogP contribution is 2.35. The van der Waals surface area contributed by atoms with Crippen LogP contribution in [-0.4, -0.2) is 10.7 Å². The minimum absolute atomic E-state index is 0.569. The summed E-state index contributed by atoms with van der Waals surface area (Å²) >= 11 is 11.5. The summed E-state index contributed by atoms with van der Waals surface area (Å²) in [4.78, 5) is 5.58. The van der Waals surface area contributed by atoms with Crippen molar-refractivity contribution >= 4 is 45.9 Å². The van der Waals surface area contributed by atoms with Crippen LogP contribution in [0, 0.1) is 6.92 Å². The lowest BCUT2D eigenvalue weighted by Gasteiger charge is -2.10. The molecule has 0 aliphatic carbocycles. The molecule has 0 unspecified atom stereocenters. The van der Waals surface area contributed by atoms with Gasteiger partial charge in [-0.2, -0.15) is 0 Å². The number of nitrogens with one attached hydrogen (secondary N) is 1. The van der Waals surface area contributed by atoms with E-state index in [2.05, 4.69) is 5.32 Å². The molecule has 1 aliphatic heterocycles. The monoisotopic (exact) mass is 392 g/mol. The number of aryl methyl sites for hydroxylation is 1. The molecule has 1 aliphatic rings. The summed E-state index contributed by atoms with van der Waals surface area (Å²) in [5.74, 6) is 1.52. The van der Waals surface area contributed by atoms with Crippen molar-refractivity contribution in [2.24, 2.45) is 4.99 Å². The smallest absolute Gasteiger partial charge is 0.129 e. The molecule has 3 nitrogen and oxygen atoms in total. The van der Waals surface area contributed by atoms with Gasteiger partial charge >= 0.3 is 0 Å². The molecule has 0 bridgehead atoms. The number of benzene rings is 3. The van der Waals surface area contributed by atoms with Crippen molar-refractivity contribution < 1.29 is 4.74 Å². The molecule has 0 saturated carbocycles. The van der Waals surface area contributed by atoms with E-state index < -0.39 is 0 Å². The fourth-order valence-corrected chi connectivity index (χ4v) is 3.23. The molecule has 0 aromatic heterocycles. The van der Waals surface area contributed by atoms with Crippen molar-refractivity contribution in [2.45, 2.75) is 13.3 Å². The Morgan fingerprint density at radius 3 is 2.41 bits per heavy atom. The van der Waals surface area contributed by atoms with E-state index in [1.807, 2.05) is 73.7 Å². The second-order valence-corrected chi connectivity index (χ2v) is 7.31. The van der Waals surface area contributed by atoms with Crippen molar-refractivity contribution in [1.29, 1.82) is 0 Å². The Balaban J connectivity index is 1.69. The van der Waals surface area contributed by atoms with E-state index in [0.717, 1.165) is 39.1 Å². The van der Waals surface area contributed by atoms with E-state index in [4.69, 9.17) is 33.5 Å². The average Bonchev–Trinajstić information content (AvgIpc) is 2.82. The summed E-state index contributed by atoms with van der Waals surface area (Å²) in [5, 5.41) is 3.96. The Labute approximate surface area is 168 Å². The lowest BCUT2D eigenvalue weighted by Crippen LogP contribution is -2.12. The van der Waals surface area contributed by atoms with Crippen LogP contribution >= 0.6 is 23.8 Å². The van der Waals surface area contributed by atoms with Crippen LogP contribution in [0.5, 0.6) is 11.5 Å². The zero-order chi connectivity index (χ0) is 18.8. The number of ether oxygens (including phenoxy) is 1. The summed E-state index contributed by atoms with van der Waals surface area (Å²) in [6.07, 6.45) is 0.569. The average molecular weight is 393 g/mol. The molecule has 0 saturated heterocycles. The van der Waals surface area contributed by atoms with Crippen molar-refractivity contribution in [3.05, 3.63) is 82.9 Å². The van der Waals surface area contributed by atoms with Gasteiger partial charge in [0, 0.05) is 17.5 Å². The predicted octanol–water partition coefficient (Wildman–Crippen LogP) is 6.70. The van der Waals surface area contributed by atoms with E-state index in [-0.39, 0.29) is 0 Å². The highest BCUT2D eigenvalue weighted by molar-refractivity contribution is 7.80. The highest BCUT2D eigenvalue weighted by Gasteiger charge is 2.16. The number of halogens is 1. The zero-order valence-corrected chi connectivity index (χ0v) is 16.3. The van der Waals surface area contributed by atoms with E-state index in [1.165, 1.54) is 5.56 Å². The first-order chi connectivity index (χ1) is 13.1. The second kappa shape index (κ2) is 7.51. The normalized spacial score (nSPS) is 13.3. The van der Waals surface area contributed by atoms with E-state index in [9.17, 15) is 0 Å². The Bertz CT molecular complexity index is 1030. The number of hydrogen-bond donors (Lipinski definition) is 1. The topological polar surface area (TPSA) is 33.6 Å². The molecule has 27 heavy (non-hydrogen) atoms. The van der Waals surface area contributed by atoms with Gasteiger partial charge < -0.3 is 10.1 Å². The molecular weight excluding hydrogens is 376 g/mol. The maximum absolute atomic E-state index is 6.01. The molecule has 3 aromatic carbocycles. The van der Waals surface area contributed by atoms with Gasteiger partial charge in [0.1, 0.15) is 11.5 Å². The van der Waals surface area contributed by atoms with Gasteiger partial charge in [0.2, 0.25) is 0 Å². The lowest BCUT2D eigenvalue weighted by molar-refractivity contribution is 0.483. The van der Waals surface area contributed by atoms with E-state index in [1.54, 1.807) is 0 Å². The molecule has 0 amide bonds. The van der Waals surface area contributed by atoms with Gasteiger partial charge in [-0.15, -0.1) is 0 Å². The third-order valence-corrected chi connectivity index (χ3v) is 4.76. The molecule has 1 heterocycles. The first-order valence-corrected chi connectivity index (χ1v) is 9.37. The van der Waals surface area contributed by atoms with Gasteiger partial charge in [-0.3, -0.25) is 4.99 Å². The van der Waals surface area contributed by atoms with E-state index in [0.29, 0.717) is 11.4 Å². The highest BCUT2D eigenvalue weighted by atomic mass is 35.5. The van der Waals surface area contributed by atoms with Crippen LogP contribution in [0.2, 0.25) is 5.02 Å². The summed E-state index contributed by atoms with van der Waals surface area (Å²) in [6, 6.07) is 21.4. The molecule has 3 aromatic rings. The van der Waals surface area contributed by atoms with Crippen LogP contribution in [0.1, 0.15) is 17.5 Å². The third kappa shape index (κ3) is 4.18. The molecule has 134 valence electrons. The van der Waals surface area contributed by atoms with E-state index >= 15 is 0 Å². The second-order valence-electron chi connectivity index (χ2n) is 6.38. The standard InChI is InChI=1S/C22H17ClN2OS/c1-14-2-8-17(9-3-14)26-18-10-11-19-21(12-18)24-20(13-22(27)25-19)15-4-6-16(23)7-5-15/h2-12H,13H2,1H3,(H,25,27). The number of nitrogens with zero attached hydrogens (tertiary/aromatic N) is 1. The Morgan fingerprint density at radius 1 is 0.963 bits per heavy atom. The molecule has 4 rings (SSSR count). The first kappa shape index (κ1) is 17.7. The van der Waals surface area contributed by atoms with Gasteiger partial charge in [-0.05, 0) is 48.9 Å². The zero-order valence-electron chi connectivity index (χ0n) is 14.7. The largest absolute Gasteiger partial charge is 0.457 e. The molecular formula is C22H17ClN2OS. The molecule has 0 spiro atoms. The van der Waals surface area contributed by atoms with Gasteiger partial charge in [-0.25, -0.2) is 0 Å². The quantitative estimate of drug-likeness (QED) is 0.503. The molecule has 0 atom stereocenters. The van der Waals surface area contributed by atoms with Crippen LogP contribution in [0.15, 0.2) is 71.7 Å². The number of thiocarbonyl (C=S) groups is 1. The van der Waals surface area contributed by atoms with Crippen LogP contribution < -0.4 is 10.1 Å². The fraction of sp³-hybridized carbons (Fsp3) is 0.0909. The number of aliphatic imine (C=N–C) groups is 1. The van der Waals surface area contributed by atoms with Crippen molar-refractivity contribution in [2.75, 3.05) is 5.32 Å². The van der Waals surface area contributed by atoms with Gasteiger partial charge in [0.05, 0.1) is 22.1 Å². The van der Waals surface area contributed by atoms with Crippen molar-refractivity contribution in [3.63, 3.8) is 0 Å². The Hall–Kier alpha value is -2.69. The van der Waals surface area contributed by atoms with Gasteiger partial charge in [0.15, 0.2) is 0 Å². The summed E-state index contributed by atoms with van der Waals surface area (Å²) < 4.78 is 5.98. The maximum atomic E-state index is 6.01. The summed E-state index contributed by atoms with van der Waals surface area (Å²) in [5.41, 5.74) is 4.76. The SMILES string of the molecule is Cc1ccc(Oc2ccc3c(c2)N=C(c2ccc(Cl)cc2)CC(=S)N3)cc1. The molecule has 1 N–H and O–H groups in total. The van der Waals surface area contributed by atoms with Gasteiger partial charge in [-0.1, -0.05) is 53.6 Å². The van der Waals surface area contributed by atoms with Crippen molar-refractivity contribution in [1.82, 2.24) is 0 Å². The van der Waals surface area contributed by atoms with Crippen LogP contribution in [-0.2, 0) is 0 Å². The van der Waals surface area contributed by atoms with Crippen LogP contribution in [0.3, 0.4) is 0 Å². The Morgan fingerprint density at radius 2 is 1.67 bits per heavy atom. The van der Waals surface area contributed by atoms with Crippen LogP contribution in [0.25, 0.3) is 0 Å². The van der Waals surface area contributed by atoms with Crippen molar-refractivity contribution in [3.8, 4) is 11.5 Å². The van der Waals surface area contributed by atoms with Gasteiger partial charge in [0.25, 0.3) is 0 Å². The lowest BCUT2D eigenvalue weighted by atomic mass is 10.1. The summed E-state index contributed by atoms with van der Waals surface area (Å²) in [6.45, 7) is 2.05.